The van der Waals surface area contributed by atoms with Gasteiger partial charge in [0, 0.05) is 55.3 Å². The molecule has 6 aromatic carbocycles. The Bertz CT molecular complexity index is 3070. The van der Waals surface area contributed by atoms with Crippen molar-refractivity contribution in [1.82, 2.24) is 29.1 Å². The fourth-order valence-corrected chi connectivity index (χ4v) is 7.80. The highest BCUT2D eigenvalue weighted by Crippen LogP contribution is 2.37. The normalized spacial score (nSPS) is 11.8. The summed E-state index contributed by atoms with van der Waals surface area (Å²) in [5, 5.41) is 6.60. The molecular formula is C46H28N6. The van der Waals surface area contributed by atoms with Crippen molar-refractivity contribution in [3.8, 4) is 34.2 Å². The SMILES string of the molecule is c1ccc(-c2ccc3ccc4c(-n5c6ccccc6c6cccnc65)nc(-c5ccc(-n6c7ccccc7c7ccccc76)cc5)nc4c3n2)cc1. The summed E-state index contributed by atoms with van der Waals surface area (Å²) >= 11 is 0. The van der Waals surface area contributed by atoms with Gasteiger partial charge in [0.2, 0.25) is 0 Å². The molecule has 242 valence electrons. The molecular weight excluding hydrogens is 637 g/mol. The van der Waals surface area contributed by atoms with Crippen LogP contribution in [-0.2, 0) is 0 Å². The third kappa shape index (κ3) is 4.25. The van der Waals surface area contributed by atoms with E-state index in [1.807, 2.05) is 30.5 Å². The second-order valence-electron chi connectivity index (χ2n) is 13.1. The van der Waals surface area contributed by atoms with Crippen LogP contribution in [0.1, 0.15) is 0 Å². The zero-order valence-corrected chi connectivity index (χ0v) is 27.8. The van der Waals surface area contributed by atoms with Crippen LogP contribution in [0, 0.1) is 0 Å². The molecule has 11 rings (SSSR count). The molecule has 0 aliphatic rings. The first-order valence-electron chi connectivity index (χ1n) is 17.4. The van der Waals surface area contributed by atoms with E-state index in [9.17, 15) is 0 Å². The number of aromatic nitrogens is 6. The average Bonchev–Trinajstić information content (AvgIpc) is 3.74. The Morgan fingerprint density at radius 3 is 1.73 bits per heavy atom. The highest BCUT2D eigenvalue weighted by atomic mass is 15.1. The molecule has 0 saturated carbocycles. The summed E-state index contributed by atoms with van der Waals surface area (Å²) in [5.74, 6) is 1.39. The van der Waals surface area contributed by atoms with E-state index in [-0.39, 0.29) is 0 Å². The minimum absolute atomic E-state index is 0.623. The number of hydrogen-bond donors (Lipinski definition) is 0. The molecule has 0 spiro atoms. The molecule has 0 amide bonds. The first-order valence-corrected chi connectivity index (χ1v) is 17.4. The van der Waals surface area contributed by atoms with Gasteiger partial charge in [-0.05, 0) is 66.7 Å². The minimum atomic E-state index is 0.623. The number of benzene rings is 6. The standard InChI is InChI=1S/C46H28N6/c1-2-11-29(12-3-1)38-27-23-30-22-26-37-43(42(30)48-38)49-44(50-46(37)52-41-19-9-6-15-35(41)36-16-10-28-47-45(36)52)31-20-24-32(25-21-31)51-39-17-7-4-13-33(39)34-14-5-8-18-40(34)51/h1-28H. The molecule has 0 radical (unpaired) electrons. The third-order valence-corrected chi connectivity index (χ3v) is 10.2. The zero-order chi connectivity index (χ0) is 34.2. The number of nitrogens with zero attached hydrogens (tertiary/aromatic N) is 6. The van der Waals surface area contributed by atoms with E-state index in [4.69, 9.17) is 19.9 Å². The van der Waals surface area contributed by atoms with Gasteiger partial charge in [-0.15, -0.1) is 0 Å². The second-order valence-corrected chi connectivity index (χ2v) is 13.1. The van der Waals surface area contributed by atoms with Gasteiger partial charge in [0.15, 0.2) is 11.6 Å². The molecule has 6 heteroatoms. The molecule has 0 bridgehead atoms. The molecule has 52 heavy (non-hydrogen) atoms. The van der Waals surface area contributed by atoms with Crippen LogP contribution in [0.15, 0.2) is 170 Å². The molecule has 5 aromatic heterocycles. The topological polar surface area (TPSA) is 61.4 Å². The maximum Gasteiger partial charge on any atom is 0.162 e. The van der Waals surface area contributed by atoms with Crippen molar-refractivity contribution in [3.63, 3.8) is 0 Å². The largest absolute Gasteiger partial charge is 0.309 e. The number of fused-ring (bicyclic) bond motifs is 9. The molecule has 6 nitrogen and oxygen atoms in total. The van der Waals surface area contributed by atoms with Gasteiger partial charge in [-0.25, -0.2) is 19.9 Å². The lowest BCUT2D eigenvalue weighted by molar-refractivity contribution is 1.06. The van der Waals surface area contributed by atoms with Crippen molar-refractivity contribution >= 4 is 65.5 Å². The maximum atomic E-state index is 5.37. The van der Waals surface area contributed by atoms with Gasteiger partial charge in [-0.2, -0.15) is 0 Å². The Balaban J connectivity index is 1.18. The van der Waals surface area contributed by atoms with E-state index in [2.05, 4.69) is 149 Å². The summed E-state index contributed by atoms with van der Waals surface area (Å²) < 4.78 is 4.50. The number of rotatable bonds is 4. The third-order valence-electron chi connectivity index (χ3n) is 10.2. The van der Waals surface area contributed by atoms with Gasteiger partial charge in [0.25, 0.3) is 0 Å². The van der Waals surface area contributed by atoms with Crippen LogP contribution in [0.4, 0.5) is 0 Å². The van der Waals surface area contributed by atoms with Crippen molar-refractivity contribution in [2.45, 2.75) is 0 Å². The molecule has 0 atom stereocenters. The lowest BCUT2D eigenvalue weighted by Gasteiger charge is -2.14. The van der Waals surface area contributed by atoms with Gasteiger partial charge >= 0.3 is 0 Å². The van der Waals surface area contributed by atoms with E-state index >= 15 is 0 Å². The second kappa shape index (κ2) is 11.2. The molecule has 0 unspecified atom stereocenters. The van der Waals surface area contributed by atoms with Gasteiger partial charge < -0.3 is 4.57 Å². The van der Waals surface area contributed by atoms with Crippen molar-refractivity contribution in [2.75, 3.05) is 0 Å². The summed E-state index contributed by atoms with van der Waals surface area (Å²) in [6.07, 6.45) is 1.85. The van der Waals surface area contributed by atoms with Crippen molar-refractivity contribution in [3.05, 3.63) is 170 Å². The molecule has 0 saturated heterocycles. The van der Waals surface area contributed by atoms with Gasteiger partial charge in [-0.3, -0.25) is 4.57 Å². The van der Waals surface area contributed by atoms with Crippen LogP contribution >= 0.6 is 0 Å². The highest BCUT2D eigenvalue weighted by Gasteiger charge is 2.20. The summed E-state index contributed by atoms with van der Waals surface area (Å²) in [7, 11) is 0. The minimum Gasteiger partial charge on any atom is -0.309 e. The van der Waals surface area contributed by atoms with E-state index in [0.29, 0.717) is 5.82 Å². The van der Waals surface area contributed by atoms with Crippen molar-refractivity contribution in [2.24, 2.45) is 0 Å². The smallest absolute Gasteiger partial charge is 0.162 e. The molecule has 5 heterocycles. The molecule has 11 aromatic rings. The van der Waals surface area contributed by atoms with E-state index in [0.717, 1.165) is 72.1 Å². The predicted molar refractivity (Wildman–Crippen MR) is 212 cm³/mol. The Labute approximate surface area is 297 Å². The van der Waals surface area contributed by atoms with Crippen LogP contribution in [0.2, 0.25) is 0 Å². The van der Waals surface area contributed by atoms with E-state index in [1.54, 1.807) is 0 Å². The van der Waals surface area contributed by atoms with Gasteiger partial charge in [0.1, 0.15) is 11.2 Å². The Morgan fingerprint density at radius 1 is 0.385 bits per heavy atom. The highest BCUT2D eigenvalue weighted by molar-refractivity contribution is 6.12. The Morgan fingerprint density at radius 2 is 1.00 bits per heavy atom. The number of hydrogen-bond acceptors (Lipinski definition) is 4. The van der Waals surface area contributed by atoms with Crippen LogP contribution in [0.3, 0.4) is 0 Å². The van der Waals surface area contributed by atoms with Crippen LogP contribution < -0.4 is 0 Å². The predicted octanol–water partition coefficient (Wildman–Crippen LogP) is 11.1. The molecule has 0 N–H and O–H groups in total. The summed E-state index contributed by atoms with van der Waals surface area (Å²) in [6.45, 7) is 0. The zero-order valence-electron chi connectivity index (χ0n) is 27.8. The lowest BCUT2D eigenvalue weighted by Crippen LogP contribution is -2.04. The number of pyridine rings is 2. The van der Waals surface area contributed by atoms with Crippen LogP contribution in [0.5, 0.6) is 0 Å². The molecule has 0 fully saturated rings. The summed E-state index contributed by atoms with van der Waals surface area (Å²) in [6, 6.07) is 57.0. The Hall–Kier alpha value is -7.18. The summed E-state index contributed by atoms with van der Waals surface area (Å²) in [4.78, 5) is 20.8. The monoisotopic (exact) mass is 664 g/mol. The van der Waals surface area contributed by atoms with Crippen molar-refractivity contribution in [1.29, 1.82) is 0 Å². The van der Waals surface area contributed by atoms with E-state index < -0.39 is 0 Å². The lowest BCUT2D eigenvalue weighted by atomic mass is 10.1. The number of para-hydroxylation sites is 3. The fraction of sp³-hybridized carbons (Fsp3) is 0. The fourth-order valence-electron chi connectivity index (χ4n) is 7.80. The van der Waals surface area contributed by atoms with Gasteiger partial charge in [-0.1, -0.05) is 97.1 Å². The average molecular weight is 665 g/mol. The maximum absolute atomic E-state index is 5.37. The van der Waals surface area contributed by atoms with Crippen molar-refractivity contribution < 1.29 is 0 Å². The molecule has 0 aliphatic heterocycles. The Kier molecular flexibility index (Phi) is 6.15. The molecule has 0 aliphatic carbocycles. The first-order chi connectivity index (χ1) is 25.8. The summed E-state index contributed by atoms with van der Waals surface area (Å²) in [5.41, 5.74) is 9.81. The van der Waals surface area contributed by atoms with E-state index in [1.165, 1.54) is 21.8 Å². The van der Waals surface area contributed by atoms with Crippen LogP contribution in [-0.4, -0.2) is 29.1 Å². The van der Waals surface area contributed by atoms with Crippen LogP contribution in [0.25, 0.3) is 99.7 Å². The first kappa shape index (κ1) is 28.6. The quantitative estimate of drug-likeness (QED) is 0.176. The van der Waals surface area contributed by atoms with Gasteiger partial charge in [0.05, 0.1) is 27.8 Å².